The normalized spacial score (nSPS) is 17.0. The van der Waals surface area contributed by atoms with E-state index >= 15 is 0 Å². The van der Waals surface area contributed by atoms with E-state index in [1.807, 2.05) is 24.3 Å². The molecule has 2 aromatic carbocycles. The Morgan fingerprint density at radius 3 is 2.50 bits per heavy atom. The molecule has 24 heavy (non-hydrogen) atoms. The van der Waals surface area contributed by atoms with Gasteiger partial charge < -0.3 is 9.73 Å². The number of fused-ring (bicyclic) bond motifs is 1. The van der Waals surface area contributed by atoms with Crippen molar-refractivity contribution in [3.8, 4) is 0 Å². The molecule has 1 aromatic heterocycles. The van der Waals surface area contributed by atoms with Crippen molar-refractivity contribution in [2.45, 2.75) is 44.6 Å². The number of hydrogen-bond donors (Lipinski definition) is 1. The molecule has 1 aliphatic rings. The number of oxazole rings is 1. The first-order valence-electron chi connectivity index (χ1n) is 9.05. The molecule has 0 unspecified atom stereocenters. The first-order valence-corrected chi connectivity index (χ1v) is 9.05. The maximum Gasteiger partial charge on any atom is 0.296 e. The molecule has 0 bridgehead atoms. The Balaban J connectivity index is 1.57. The van der Waals surface area contributed by atoms with Crippen LogP contribution in [0.4, 0.5) is 6.01 Å². The molecule has 1 fully saturated rings. The van der Waals surface area contributed by atoms with Crippen molar-refractivity contribution in [1.29, 1.82) is 0 Å². The van der Waals surface area contributed by atoms with Crippen LogP contribution in [-0.2, 0) is 0 Å². The minimum absolute atomic E-state index is 0.252. The van der Waals surface area contributed by atoms with Crippen LogP contribution in [0.5, 0.6) is 0 Å². The largest absolute Gasteiger partial charge is 0.424 e. The second-order valence-electron chi connectivity index (χ2n) is 6.83. The average molecular weight is 320 g/mol. The minimum atomic E-state index is 0.252. The van der Waals surface area contributed by atoms with Gasteiger partial charge in [-0.05, 0) is 30.0 Å². The van der Waals surface area contributed by atoms with Gasteiger partial charge in [0.15, 0.2) is 5.58 Å². The molecular weight excluding hydrogens is 296 g/mol. The van der Waals surface area contributed by atoms with Crippen LogP contribution < -0.4 is 5.32 Å². The van der Waals surface area contributed by atoms with Crippen molar-refractivity contribution in [3.63, 3.8) is 0 Å². The fraction of sp³-hybridized carbons (Fsp3) is 0.381. The summed E-state index contributed by atoms with van der Waals surface area (Å²) in [6, 6.07) is 19.5. The van der Waals surface area contributed by atoms with E-state index in [0.717, 1.165) is 23.4 Å². The van der Waals surface area contributed by atoms with Crippen LogP contribution in [-0.4, -0.2) is 4.98 Å². The number of nitrogens with one attached hydrogen (secondary N) is 1. The number of anilines is 1. The number of para-hydroxylation sites is 2. The first-order chi connectivity index (χ1) is 11.9. The number of aromatic nitrogens is 1. The highest BCUT2D eigenvalue weighted by Crippen LogP contribution is 2.34. The molecule has 1 aliphatic carbocycles. The maximum atomic E-state index is 5.89. The van der Waals surface area contributed by atoms with E-state index in [0.29, 0.717) is 6.01 Å². The summed E-state index contributed by atoms with van der Waals surface area (Å²) < 4.78 is 5.89. The van der Waals surface area contributed by atoms with E-state index in [9.17, 15) is 0 Å². The van der Waals surface area contributed by atoms with Gasteiger partial charge in [0.1, 0.15) is 5.52 Å². The van der Waals surface area contributed by atoms with Gasteiger partial charge in [0.2, 0.25) is 0 Å². The molecule has 0 saturated heterocycles. The summed E-state index contributed by atoms with van der Waals surface area (Å²) in [5, 5.41) is 3.55. The van der Waals surface area contributed by atoms with E-state index in [-0.39, 0.29) is 6.04 Å². The molecule has 0 spiro atoms. The van der Waals surface area contributed by atoms with Crippen LogP contribution in [0.2, 0.25) is 0 Å². The highest BCUT2D eigenvalue weighted by molar-refractivity contribution is 5.74. The fourth-order valence-corrected chi connectivity index (χ4v) is 3.80. The molecule has 0 radical (unpaired) electrons. The number of rotatable bonds is 5. The Hall–Kier alpha value is -2.29. The molecule has 124 valence electrons. The minimum Gasteiger partial charge on any atom is -0.424 e. The van der Waals surface area contributed by atoms with Crippen LogP contribution in [0.3, 0.4) is 0 Å². The topological polar surface area (TPSA) is 38.1 Å². The Morgan fingerprint density at radius 1 is 0.958 bits per heavy atom. The zero-order valence-electron chi connectivity index (χ0n) is 13.9. The van der Waals surface area contributed by atoms with Crippen molar-refractivity contribution in [2.24, 2.45) is 5.92 Å². The molecule has 0 aliphatic heterocycles. The van der Waals surface area contributed by atoms with Gasteiger partial charge in [-0.25, -0.2) is 0 Å². The molecule has 3 aromatic rings. The summed E-state index contributed by atoms with van der Waals surface area (Å²) in [4.78, 5) is 4.59. The van der Waals surface area contributed by atoms with Gasteiger partial charge in [-0.2, -0.15) is 4.98 Å². The predicted octanol–water partition coefficient (Wildman–Crippen LogP) is 5.95. The molecule has 1 atom stereocenters. The van der Waals surface area contributed by atoms with Gasteiger partial charge in [0.05, 0.1) is 6.04 Å². The summed E-state index contributed by atoms with van der Waals surface area (Å²) in [6.07, 6.45) is 7.97. The molecule has 0 amide bonds. The molecule has 1 saturated carbocycles. The van der Waals surface area contributed by atoms with Crippen molar-refractivity contribution < 1.29 is 4.42 Å². The molecule has 3 heteroatoms. The number of hydrogen-bond acceptors (Lipinski definition) is 3. The molecule has 1 N–H and O–H groups in total. The number of nitrogens with zero attached hydrogens (tertiary/aromatic N) is 1. The molecule has 3 nitrogen and oxygen atoms in total. The second kappa shape index (κ2) is 7.08. The lowest BCUT2D eigenvalue weighted by molar-refractivity contribution is 0.323. The zero-order valence-corrected chi connectivity index (χ0v) is 13.9. The second-order valence-corrected chi connectivity index (χ2v) is 6.83. The Kier molecular flexibility index (Phi) is 4.50. The Bertz CT molecular complexity index is 742. The molecule has 4 rings (SSSR count). The Labute approximate surface area is 143 Å². The predicted molar refractivity (Wildman–Crippen MR) is 98.0 cm³/mol. The summed E-state index contributed by atoms with van der Waals surface area (Å²) in [5.74, 6) is 0.792. The van der Waals surface area contributed by atoms with Gasteiger partial charge in [-0.15, -0.1) is 0 Å². The van der Waals surface area contributed by atoms with E-state index in [2.05, 4.69) is 40.6 Å². The summed E-state index contributed by atoms with van der Waals surface area (Å²) in [7, 11) is 0. The average Bonchev–Trinajstić information content (AvgIpc) is 3.05. The fourth-order valence-electron chi connectivity index (χ4n) is 3.80. The van der Waals surface area contributed by atoms with Crippen LogP contribution in [0.1, 0.15) is 50.1 Å². The van der Waals surface area contributed by atoms with Gasteiger partial charge in [0.25, 0.3) is 6.01 Å². The summed E-state index contributed by atoms with van der Waals surface area (Å²) in [6.45, 7) is 0. The third kappa shape index (κ3) is 3.45. The lowest BCUT2D eigenvalue weighted by atomic mass is 9.83. The SMILES string of the molecule is c1ccc([C@H](CC2CCCCC2)Nc2nc3ccccc3o2)cc1. The maximum absolute atomic E-state index is 5.89. The monoisotopic (exact) mass is 320 g/mol. The summed E-state index contributed by atoms with van der Waals surface area (Å²) in [5.41, 5.74) is 3.05. The number of benzene rings is 2. The third-order valence-electron chi connectivity index (χ3n) is 5.09. The van der Waals surface area contributed by atoms with Crippen molar-refractivity contribution in [1.82, 2.24) is 4.98 Å². The molecule has 1 heterocycles. The smallest absolute Gasteiger partial charge is 0.296 e. The van der Waals surface area contributed by atoms with E-state index < -0.39 is 0 Å². The van der Waals surface area contributed by atoms with Crippen LogP contribution in [0.15, 0.2) is 59.0 Å². The highest BCUT2D eigenvalue weighted by Gasteiger charge is 2.21. The third-order valence-corrected chi connectivity index (χ3v) is 5.09. The summed E-state index contributed by atoms with van der Waals surface area (Å²) >= 11 is 0. The van der Waals surface area contributed by atoms with E-state index in [4.69, 9.17) is 4.42 Å². The molecular formula is C21H24N2O. The standard InChI is InChI=1S/C21H24N2O/c1-3-9-16(10-4-1)15-19(17-11-5-2-6-12-17)23-21-22-18-13-7-8-14-20(18)24-21/h2,5-8,11-14,16,19H,1,3-4,9-10,15H2,(H,22,23)/t19-/m0/s1. The van der Waals surface area contributed by atoms with Gasteiger partial charge in [-0.1, -0.05) is 74.6 Å². The zero-order chi connectivity index (χ0) is 16.2. The quantitative estimate of drug-likeness (QED) is 0.631. The highest BCUT2D eigenvalue weighted by atomic mass is 16.4. The lowest BCUT2D eigenvalue weighted by Crippen LogP contribution is -2.17. The Morgan fingerprint density at radius 2 is 1.71 bits per heavy atom. The van der Waals surface area contributed by atoms with Crippen LogP contribution in [0, 0.1) is 5.92 Å². The first kappa shape index (κ1) is 15.3. The van der Waals surface area contributed by atoms with E-state index in [1.54, 1.807) is 0 Å². The van der Waals surface area contributed by atoms with Gasteiger partial charge in [-0.3, -0.25) is 0 Å². The van der Waals surface area contributed by atoms with E-state index in [1.165, 1.54) is 37.7 Å². The van der Waals surface area contributed by atoms with Crippen LogP contribution >= 0.6 is 0 Å². The van der Waals surface area contributed by atoms with Gasteiger partial charge in [0, 0.05) is 0 Å². The van der Waals surface area contributed by atoms with Gasteiger partial charge >= 0.3 is 0 Å². The van der Waals surface area contributed by atoms with Crippen molar-refractivity contribution in [3.05, 3.63) is 60.2 Å². The van der Waals surface area contributed by atoms with Crippen molar-refractivity contribution in [2.75, 3.05) is 5.32 Å². The van der Waals surface area contributed by atoms with Crippen molar-refractivity contribution >= 4 is 17.1 Å². The van der Waals surface area contributed by atoms with Crippen LogP contribution in [0.25, 0.3) is 11.1 Å². The lowest BCUT2D eigenvalue weighted by Gasteiger charge is -2.27.